The third kappa shape index (κ3) is 5.75. The van der Waals surface area contributed by atoms with Crippen LogP contribution in [0.4, 0.5) is 0 Å². The molecule has 0 aliphatic carbocycles. The summed E-state index contributed by atoms with van der Waals surface area (Å²) in [5.74, 6) is 0.308. The highest BCUT2D eigenvalue weighted by Crippen LogP contribution is 2.05. The minimum absolute atomic E-state index is 0.220. The Morgan fingerprint density at radius 2 is 2.10 bits per heavy atom. The van der Waals surface area contributed by atoms with Crippen molar-refractivity contribution in [3.05, 3.63) is 24.2 Å². The number of nitrogens with one attached hydrogen (secondary N) is 1. The number of carbonyl (C=O) groups excluding carboxylic acids is 1. The number of amides is 1. The van der Waals surface area contributed by atoms with Gasteiger partial charge in [0.05, 0.1) is 12.5 Å². The predicted octanol–water partition coefficient (Wildman–Crippen LogP) is 1.32. The molecule has 0 aromatic carbocycles. The number of hydrogen-bond donors (Lipinski definition) is 1. The molecule has 1 heterocycles. The highest BCUT2D eigenvalue weighted by molar-refractivity contribution is 7.88. The van der Waals surface area contributed by atoms with E-state index in [9.17, 15) is 13.2 Å². The van der Waals surface area contributed by atoms with Crippen molar-refractivity contribution in [2.45, 2.75) is 20.3 Å². The summed E-state index contributed by atoms with van der Waals surface area (Å²) in [7, 11) is -3.25. The molecule has 1 aromatic heterocycles. The van der Waals surface area contributed by atoms with Gasteiger partial charge in [-0.2, -0.15) is 0 Å². The van der Waals surface area contributed by atoms with Crippen LogP contribution < -0.4 is 5.32 Å². The van der Waals surface area contributed by atoms with Crippen molar-refractivity contribution < 1.29 is 17.6 Å². The van der Waals surface area contributed by atoms with Gasteiger partial charge in [-0.25, -0.2) is 12.7 Å². The van der Waals surface area contributed by atoms with Crippen molar-refractivity contribution >= 4 is 15.9 Å². The lowest BCUT2D eigenvalue weighted by Crippen LogP contribution is -2.38. The van der Waals surface area contributed by atoms with Crippen molar-refractivity contribution in [3.63, 3.8) is 0 Å². The molecule has 0 aliphatic rings. The predicted molar refractivity (Wildman–Crippen MR) is 76.9 cm³/mol. The smallest absolute Gasteiger partial charge is 0.287 e. The van der Waals surface area contributed by atoms with Crippen LogP contribution in [-0.2, 0) is 10.0 Å². The first-order valence-corrected chi connectivity index (χ1v) is 8.42. The second kappa shape index (κ2) is 7.44. The highest BCUT2D eigenvalue weighted by atomic mass is 32.2. The Morgan fingerprint density at radius 3 is 2.60 bits per heavy atom. The zero-order valence-corrected chi connectivity index (χ0v) is 12.9. The fourth-order valence-electron chi connectivity index (χ4n) is 1.63. The fourth-order valence-corrected chi connectivity index (χ4v) is 2.49. The van der Waals surface area contributed by atoms with Crippen molar-refractivity contribution in [2.75, 3.05) is 25.9 Å². The average molecular weight is 302 g/mol. The number of furan rings is 1. The topological polar surface area (TPSA) is 79.6 Å². The van der Waals surface area contributed by atoms with Crippen LogP contribution in [0.1, 0.15) is 30.8 Å². The van der Waals surface area contributed by atoms with E-state index in [2.05, 4.69) is 5.32 Å². The first kappa shape index (κ1) is 16.7. The van der Waals surface area contributed by atoms with Gasteiger partial charge in [-0.1, -0.05) is 13.8 Å². The first-order chi connectivity index (χ1) is 9.30. The van der Waals surface area contributed by atoms with Crippen LogP contribution in [0, 0.1) is 5.92 Å². The molecule has 0 bridgehead atoms. The monoisotopic (exact) mass is 302 g/mol. The zero-order chi connectivity index (χ0) is 15.2. The lowest BCUT2D eigenvalue weighted by Gasteiger charge is -2.20. The molecular weight excluding hydrogens is 280 g/mol. The SMILES string of the molecule is CC(C)CCN(CCNC(=O)c1ccco1)S(C)(=O)=O. The summed E-state index contributed by atoms with van der Waals surface area (Å²) in [6.45, 7) is 5.06. The Bertz CT molecular complexity index is 508. The van der Waals surface area contributed by atoms with E-state index < -0.39 is 10.0 Å². The van der Waals surface area contributed by atoms with Crippen molar-refractivity contribution in [3.8, 4) is 0 Å². The van der Waals surface area contributed by atoms with Crippen molar-refractivity contribution in [1.82, 2.24) is 9.62 Å². The van der Waals surface area contributed by atoms with Gasteiger partial charge >= 0.3 is 0 Å². The van der Waals surface area contributed by atoms with E-state index in [4.69, 9.17) is 4.42 Å². The van der Waals surface area contributed by atoms with Crippen LogP contribution in [-0.4, -0.2) is 44.5 Å². The molecule has 1 N–H and O–H groups in total. The Balaban J connectivity index is 2.44. The van der Waals surface area contributed by atoms with E-state index in [1.807, 2.05) is 13.8 Å². The number of nitrogens with zero attached hydrogens (tertiary/aromatic N) is 1. The Morgan fingerprint density at radius 1 is 1.40 bits per heavy atom. The Kier molecular flexibility index (Phi) is 6.22. The second-order valence-corrected chi connectivity index (χ2v) is 7.06. The summed E-state index contributed by atoms with van der Waals surface area (Å²) in [6, 6.07) is 3.18. The van der Waals surface area contributed by atoms with Gasteiger partial charge < -0.3 is 9.73 Å². The Hall–Kier alpha value is -1.34. The van der Waals surface area contributed by atoms with E-state index >= 15 is 0 Å². The molecule has 0 saturated heterocycles. The van der Waals surface area contributed by atoms with E-state index in [0.717, 1.165) is 6.42 Å². The number of hydrogen-bond acceptors (Lipinski definition) is 4. The van der Waals surface area contributed by atoms with Gasteiger partial charge in [0, 0.05) is 19.6 Å². The molecule has 0 spiro atoms. The highest BCUT2D eigenvalue weighted by Gasteiger charge is 2.17. The maximum Gasteiger partial charge on any atom is 0.287 e. The van der Waals surface area contributed by atoms with E-state index in [0.29, 0.717) is 12.5 Å². The fraction of sp³-hybridized carbons (Fsp3) is 0.615. The van der Waals surface area contributed by atoms with Crippen molar-refractivity contribution in [1.29, 1.82) is 0 Å². The van der Waals surface area contributed by atoms with Crippen molar-refractivity contribution in [2.24, 2.45) is 5.92 Å². The standard InChI is InChI=1S/C13H22N2O4S/c1-11(2)6-8-15(20(3,17)18)9-7-14-13(16)12-5-4-10-19-12/h4-5,10-11H,6-9H2,1-3H3,(H,14,16). The molecule has 0 radical (unpaired) electrons. The third-order valence-electron chi connectivity index (χ3n) is 2.82. The van der Waals surface area contributed by atoms with Gasteiger partial charge in [0.1, 0.15) is 0 Å². The number of rotatable bonds is 8. The van der Waals surface area contributed by atoms with E-state index in [1.54, 1.807) is 12.1 Å². The van der Waals surface area contributed by atoms with Gasteiger partial charge in [-0.3, -0.25) is 4.79 Å². The molecule has 7 heteroatoms. The molecule has 1 aromatic rings. The molecule has 1 amide bonds. The second-order valence-electron chi connectivity index (χ2n) is 5.08. The normalized spacial score (nSPS) is 12.1. The summed E-state index contributed by atoms with van der Waals surface area (Å²) in [5, 5.41) is 2.64. The van der Waals surface area contributed by atoms with Gasteiger partial charge in [0.15, 0.2) is 5.76 Å². The van der Waals surface area contributed by atoms with Crippen LogP contribution in [0.3, 0.4) is 0 Å². The lowest BCUT2D eigenvalue weighted by molar-refractivity contribution is 0.0924. The van der Waals surface area contributed by atoms with Crippen LogP contribution in [0.25, 0.3) is 0 Å². The summed E-state index contributed by atoms with van der Waals surface area (Å²) in [4.78, 5) is 11.6. The minimum Gasteiger partial charge on any atom is -0.459 e. The molecule has 114 valence electrons. The number of carbonyl (C=O) groups is 1. The molecule has 0 saturated carbocycles. The minimum atomic E-state index is -3.25. The van der Waals surface area contributed by atoms with Gasteiger partial charge in [-0.05, 0) is 24.5 Å². The summed E-state index contributed by atoms with van der Waals surface area (Å²) < 4.78 is 29.6. The van der Waals surface area contributed by atoms with Gasteiger partial charge in [0.25, 0.3) is 5.91 Å². The summed E-state index contributed by atoms with van der Waals surface area (Å²) in [6.07, 6.45) is 3.39. The quantitative estimate of drug-likeness (QED) is 0.785. The molecule has 0 aliphatic heterocycles. The van der Waals surface area contributed by atoms with Crippen LogP contribution >= 0.6 is 0 Å². The van der Waals surface area contributed by atoms with Crippen LogP contribution in [0.5, 0.6) is 0 Å². The van der Waals surface area contributed by atoms with E-state index in [-0.39, 0.29) is 24.8 Å². The molecule has 0 atom stereocenters. The summed E-state index contributed by atoms with van der Waals surface area (Å²) >= 11 is 0. The molecule has 20 heavy (non-hydrogen) atoms. The largest absolute Gasteiger partial charge is 0.459 e. The maximum absolute atomic E-state index is 11.6. The Labute approximate surface area is 120 Å². The number of sulfonamides is 1. The molecule has 6 nitrogen and oxygen atoms in total. The lowest BCUT2D eigenvalue weighted by atomic mass is 10.1. The van der Waals surface area contributed by atoms with Gasteiger partial charge in [-0.15, -0.1) is 0 Å². The molecular formula is C13H22N2O4S. The molecule has 0 fully saturated rings. The zero-order valence-electron chi connectivity index (χ0n) is 12.1. The average Bonchev–Trinajstić information content (AvgIpc) is 2.84. The van der Waals surface area contributed by atoms with Crippen LogP contribution in [0.15, 0.2) is 22.8 Å². The third-order valence-corrected chi connectivity index (χ3v) is 4.12. The van der Waals surface area contributed by atoms with Gasteiger partial charge in [0.2, 0.25) is 10.0 Å². The summed E-state index contributed by atoms with van der Waals surface area (Å²) in [5.41, 5.74) is 0. The molecule has 0 unspecified atom stereocenters. The first-order valence-electron chi connectivity index (χ1n) is 6.57. The van der Waals surface area contributed by atoms with Crippen LogP contribution in [0.2, 0.25) is 0 Å². The maximum atomic E-state index is 11.6. The molecule has 1 rings (SSSR count). The van der Waals surface area contributed by atoms with E-state index in [1.165, 1.54) is 16.8 Å².